The highest BCUT2D eigenvalue weighted by Crippen LogP contribution is 2.22. The first kappa shape index (κ1) is 13.0. The molecule has 0 saturated heterocycles. The Morgan fingerprint density at radius 1 is 1.38 bits per heavy atom. The van der Waals surface area contributed by atoms with Crippen molar-refractivity contribution in [3.63, 3.8) is 0 Å². The molecule has 0 aliphatic heterocycles. The van der Waals surface area contributed by atoms with Crippen LogP contribution in [0.2, 0.25) is 0 Å². The van der Waals surface area contributed by atoms with Crippen LogP contribution >= 0.6 is 0 Å². The summed E-state index contributed by atoms with van der Waals surface area (Å²) in [7, 11) is 3.79. The zero-order valence-corrected chi connectivity index (χ0v) is 10.3. The first-order chi connectivity index (χ1) is 7.65. The Morgan fingerprint density at radius 2 is 2.00 bits per heavy atom. The molecule has 1 aliphatic carbocycles. The first-order valence-electron chi connectivity index (χ1n) is 5.96. The van der Waals surface area contributed by atoms with Crippen molar-refractivity contribution in [1.82, 2.24) is 9.80 Å². The van der Waals surface area contributed by atoms with Gasteiger partial charge in [0.1, 0.15) is 0 Å². The van der Waals surface area contributed by atoms with Crippen molar-refractivity contribution in [2.45, 2.75) is 38.1 Å². The predicted molar refractivity (Wildman–Crippen MR) is 62.8 cm³/mol. The fourth-order valence-corrected chi connectivity index (χ4v) is 2.15. The normalized spacial score (nSPS) is 16.4. The van der Waals surface area contributed by atoms with E-state index >= 15 is 0 Å². The van der Waals surface area contributed by atoms with Crippen LogP contribution in [0.4, 0.5) is 0 Å². The van der Waals surface area contributed by atoms with Gasteiger partial charge in [-0.1, -0.05) is 12.8 Å². The highest BCUT2D eigenvalue weighted by atomic mass is 16.2. The van der Waals surface area contributed by atoms with Gasteiger partial charge in [-0.05, 0) is 19.9 Å². The van der Waals surface area contributed by atoms with E-state index in [2.05, 4.69) is 11.0 Å². The van der Waals surface area contributed by atoms with Crippen LogP contribution in [0.25, 0.3) is 0 Å². The summed E-state index contributed by atoms with van der Waals surface area (Å²) in [5, 5.41) is 8.45. The fourth-order valence-electron chi connectivity index (χ4n) is 2.15. The van der Waals surface area contributed by atoms with E-state index in [1.165, 1.54) is 25.7 Å². The Bertz CT molecular complexity index is 266. The number of likely N-dealkylation sites (N-methyl/N-ethyl adjacent to an activating group) is 2. The average Bonchev–Trinajstić information content (AvgIpc) is 2.79. The molecule has 16 heavy (non-hydrogen) atoms. The van der Waals surface area contributed by atoms with Gasteiger partial charge in [0.05, 0.1) is 19.0 Å². The van der Waals surface area contributed by atoms with E-state index in [-0.39, 0.29) is 5.91 Å². The van der Waals surface area contributed by atoms with Crippen LogP contribution in [-0.4, -0.2) is 48.9 Å². The number of rotatable bonds is 5. The quantitative estimate of drug-likeness (QED) is 0.704. The lowest BCUT2D eigenvalue weighted by Crippen LogP contribution is -2.40. The number of hydrogen-bond acceptors (Lipinski definition) is 3. The van der Waals surface area contributed by atoms with Crippen molar-refractivity contribution in [2.75, 3.05) is 27.2 Å². The summed E-state index contributed by atoms with van der Waals surface area (Å²) < 4.78 is 0. The van der Waals surface area contributed by atoms with E-state index in [9.17, 15) is 4.79 Å². The van der Waals surface area contributed by atoms with Crippen molar-refractivity contribution in [3.8, 4) is 6.07 Å². The van der Waals surface area contributed by atoms with Crippen molar-refractivity contribution in [1.29, 1.82) is 5.26 Å². The molecule has 0 aromatic carbocycles. The highest BCUT2D eigenvalue weighted by Gasteiger charge is 2.22. The zero-order chi connectivity index (χ0) is 12.0. The molecule has 0 N–H and O–H groups in total. The topological polar surface area (TPSA) is 47.3 Å². The SMILES string of the molecule is CN(CCC#N)C(=O)CN(C)C1CCCC1. The first-order valence-corrected chi connectivity index (χ1v) is 5.96. The van der Waals surface area contributed by atoms with Crippen LogP contribution < -0.4 is 0 Å². The van der Waals surface area contributed by atoms with Gasteiger partial charge < -0.3 is 4.90 Å². The fraction of sp³-hybridized carbons (Fsp3) is 0.833. The summed E-state index contributed by atoms with van der Waals surface area (Å²) in [6, 6.07) is 2.63. The van der Waals surface area contributed by atoms with Gasteiger partial charge in [-0.15, -0.1) is 0 Å². The lowest BCUT2D eigenvalue weighted by molar-refractivity contribution is -0.131. The third kappa shape index (κ3) is 3.82. The molecular weight excluding hydrogens is 202 g/mol. The summed E-state index contributed by atoms with van der Waals surface area (Å²) in [6.45, 7) is 1.01. The van der Waals surface area contributed by atoms with Crippen molar-refractivity contribution >= 4 is 5.91 Å². The maximum Gasteiger partial charge on any atom is 0.236 e. The van der Waals surface area contributed by atoms with E-state index in [0.717, 1.165) is 0 Å². The third-order valence-corrected chi connectivity index (χ3v) is 3.32. The minimum absolute atomic E-state index is 0.115. The molecule has 4 nitrogen and oxygen atoms in total. The van der Waals surface area contributed by atoms with E-state index in [4.69, 9.17) is 5.26 Å². The van der Waals surface area contributed by atoms with E-state index in [0.29, 0.717) is 25.6 Å². The second-order valence-corrected chi connectivity index (χ2v) is 4.58. The van der Waals surface area contributed by atoms with Crippen LogP contribution in [0.3, 0.4) is 0 Å². The molecule has 1 saturated carbocycles. The standard InChI is InChI=1S/C12H21N3O/c1-14(9-5-8-13)12(16)10-15(2)11-6-3-4-7-11/h11H,3-7,9-10H2,1-2H3. The third-order valence-electron chi connectivity index (χ3n) is 3.32. The van der Waals surface area contributed by atoms with Gasteiger partial charge in [-0.25, -0.2) is 0 Å². The summed E-state index contributed by atoms with van der Waals surface area (Å²) in [5.41, 5.74) is 0. The minimum Gasteiger partial charge on any atom is -0.344 e. The molecule has 1 aliphatic rings. The van der Waals surface area contributed by atoms with Gasteiger partial charge in [0.15, 0.2) is 0 Å². The zero-order valence-electron chi connectivity index (χ0n) is 10.3. The average molecular weight is 223 g/mol. The molecule has 90 valence electrons. The molecule has 1 fully saturated rings. The Labute approximate surface area is 97.8 Å². The summed E-state index contributed by atoms with van der Waals surface area (Å²) in [5.74, 6) is 0.115. The second-order valence-electron chi connectivity index (χ2n) is 4.58. The van der Waals surface area contributed by atoms with Gasteiger partial charge in [-0.3, -0.25) is 9.69 Å². The monoisotopic (exact) mass is 223 g/mol. The maximum atomic E-state index is 11.8. The molecule has 0 aromatic heterocycles. The Balaban J connectivity index is 2.29. The Morgan fingerprint density at radius 3 is 2.56 bits per heavy atom. The molecule has 0 unspecified atom stereocenters. The summed E-state index contributed by atoms with van der Waals surface area (Å²) >= 11 is 0. The van der Waals surface area contributed by atoms with E-state index in [1.54, 1.807) is 11.9 Å². The van der Waals surface area contributed by atoms with Crippen LogP contribution in [0.1, 0.15) is 32.1 Å². The summed E-state index contributed by atoms with van der Waals surface area (Å²) in [4.78, 5) is 15.6. The molecule has 4 heteroatoms. The number of hydrogen-bond donors (Lipinski definition) is 0. The molecule has 0 heterocycles. The largest absolute Gasteiger partial charge is 0.344 e. The van der Waals surface area contributed by atoms with Gasteiger partial charge in [-0.2, -0.15) is 5.26 Å². The highest BCUT2D eigenvalue weighted by molar-refractivity contribution is 5.78. The Kier molecular flexibility index (Phi) is 5.27. The number of nitriles is 1. The smallest absolute Gasteiger partial charge is 0.236 e. The molecule has 0 bridgehead atoms. The van der Waals surface area contributed by atoms with Gasteiger partial charge >= 0.3 is 0 Å². The van der Waals surface area contributed by atoms with Gasteiger partial charge in [0.2, 0.25) is 5.91 Å². The van der Waals surface area contributed by atoms with E-state index < -0.39 is 0 Å². The minimum atomic E-state index is 0.115. The number of carbonyl (C=O) groups is 1. The Hall–Kier alpha value is -1.08. The lowest BCUT2D eigenvalue weighted by atomic mass is 10.2. The number of nitrogens with zero attached hydrogens (tertiary/aromatic N) is 3. The van der Waals surface area contributed by atoms with Crippen LogP contribution in [0, 0.1) is 11.3 Å². The van der Waals surface area contributed by atoms with Crippen molar-refractivity contribution in [2.24, 2.45) is 0 Å². The lowest BCUT2D eigenvalue weighted by Gasteiger charge is -2.25. The van der Waals surface area contributed by atoms with E-state index in [1.807, 2.05) is 7.05 Å². The van der Waals surface area contributed by atoms with Crippen molar-refractivity contribution < 1.29 is 4.79 Å². The van der Waals surface area contributed by atoms with Crippen LogP contribution in [0.15, 0.2) is 0 Å². The van der Waals surface area contributed by atoms with Crippen LogP contribution in [-0.2, 0) is 4.79 Å². The van der Waals surface area contributed by atoms with Crippen LogP contribution in [0.5, 0.6) is 0 Å². The molecule has 0 aromatic rings. The molecular formula is C12H21N3O. The molecule has 0 atom stereocenters. The number of carbonyl (C=O) groups excluding carboxylic acids is 1. The molecule has 1 rings (SSSR count). The predicted octanol–water partition coefficient (Wildman–Crippen LogP) is 1.23. The number of amides is 1. The molecule has 0 radical (unpaired) electrons. The van der Waals surface area contributed by atoms with Gasteiger partial charge in [0, 0.05) is 19.6 Å². The van der Waals surface area contributed by atoms with Gasteiger partial charge in [0.25, 0.3) is 0 Å². The maximum absolute atomic E-state index is 11.8. The van der Waals surface area contributed by atoms with Crippen molar-refractivity contribution in [3.05, 3.63) is 0 Å². The second kappa shape index (κ2) is 6.49. The summed E-state index contributed by atoms with van der Waals surface area (Å²) in [6.07, 6.45) is 5.41. The molecule has 0 spiro atoms. The molecule has 1 amide bonds.